The first-order valence-electron chi connectivity index (χ1n) is 6.02. The van der Waals surface area contributed by atoms with E-state index in [0.717, 1.165) is 24.1 Å². The average molecular weight is 325 g/mol. The number of benzene rings is 1. The molecule has 0 saturated carbocycles. The van der Waals surface area contributed by atoms with Crippen molar-refractivity contribution in [2.75, 3.05) is 6.61 Å². The minimum Gasteiger partial charge on any atom is -0.493 e. The normalized spacial score (nSPS) is 10.6. The summed E-state index contributed by atoms with van der Waals surface area (Å²) in [5, 5.41) is 3.00. The van der Waals surface area contributed by atoms with Crippen molar-refractivity contribution >= 4 is 27.3 Å². The molecule has 1 aromatic carbocycles. The van der Waals surface area contributed by atoms with Crippen LogP contribution in [0.1, 0.15) is 21.6 Å². The molecule has 0 fully saturated rings. The van der Waals surface area contributed by atoms with E-state index in [9.17, 15) is 0 Å². The van der Waals surface area contributed by atoms with Gasteiger partial charge in [-0.1, -0.05) is 34.1 Å². The molecule has 0 unspecified atom stereocenters. The van der Waals surface area contributed by atoms with Crippen LogP contribution in [0, 0.1) is 13.8 Å². The molecule has 96 valence electrons. The van der Waals surface area contributed by atoms with E-state index in [2.05, 4.69) is 59.4 Å². The van der Waals surface area contributed by atoms with Gasteiger partial charge in [-0.15, -0.1) is 11.3 Å². The van der Waals surface area contributed by atoms with Crippen molar-refractivity contribution in [3.05, 3.63) is 51.2 Å². The van der Waals surface area contributed by atoms with E-state index in [1.165, 1.54) is 21.6 Å². The molecule has 0 bridgehead atoms. The maximum absolute atomic E-state index is 5.93. The molecule has 1 aromatic heterocycles. The Balaban J connectivity index is 2.01. The molecule has 18 heavy (non-hydrogen) atoms. The van der Waals surface area contributed by atoms with Crippen molar-refractivity contribution in [2.45, 2.75) is 25.6 Å². The first-order valence-corrected chi connectivity index (χ1v) is 8.02. The van der Waals surface area contributed by atoms with Gasteiger partial charge in [0.05, 0.1) is 6.61 Å². The van der Waals surface area contributed by atoms with Gasteiger partial charge < -0.3 is 4.74 Å². The Bertz CT molecular complexity index is 482. The van der Waals surface area contributed by atoms with Crippen molar-refractivity contribution in [3.8, 4) is 5.75 Å². The van der Waals surface area contributed by atoms with Crippen LogP contribution >= 0.6 is 27.3 Å². The predicted molar refractivity (Wildman–Crippen MR) is 82.1 cm³/mol. The summed E-state index contributed by atoms with van der Waals surface area (Å²) in [4.78, 5) is 1.38. The summed E-state index contributed by atoms with van der Waals surface area (Å²) < 4.78 is 5.93. The van der Waals surface area contributed by atoms with Gasteiger partial charge in [0.25, 0.3) is 0 Å². The van der Waals surface area contributed by atoms with Gasteiger partial charge in [0.1, 0.15) is 5.75 Å². The number of hydrogen-bond acceptors (Lipinski definition) is 2. The summed E-state index contributed by atoms with van der Waals surface area (Å²) in [6.07, 6.45) is 0.983. The molecule has 0 saturated heterocycles. The highest BCUT2D eigenvalue weighted by Crippen LogP contribution is 2.26. The van der Waals surface area contributed by atoms with E-state index in [0.29, 0.717) is 0 Å². The Morgan fingerprint density at radius 1 is 1.22 bits per heavy atom. The van der Waals surface area contributed by atoms with Crippen molar-refractivity contribution in [2.24, 2.45) is 0 Å². The van der Waals surface area contributed by atoms with Gasteiger partial charge in [-0.3, -0.25) is 0 Å². The molecule has 3 heteroatoms. The Labute approximate surface area is 121 Å². The quantitative estimate of drug-likeness (QED) is 0.712. The van der Waals surface area contributed by atoms with Crippen LogP contribution in [0.2, 0.25) is 0 Å². The zero-order valence-electron chi connectivity index (χ0n) is 10.7. The number of halogens is 1. The SMILES string of the molecule is Cc1cc(CBr)cc(C)c1OCCc1cccs1. The van der Waals surface area contributed by atoms with Crippen LogP contribution in [0.15, 0.2) is 29.6 Å². The Hall–Kier alpha value is -0.800. The maximum atomic E-state index is 5.93. The fourth-order valence-electron chi connectivity index (χ4n) is 2.05. The Kier molecular flexibility index (Phi) is 4.84. The minimum atomic E-state index is 0.746. The van der Waals surface area contributed by atoms with E-state index in [1.54, 1.807) is 11.3 Å². The van der Waals surface area contributed by atoms with Crippen molar-refractivity contribution in [1.82, 2.24) is 0 Å². The summed E-state index contributed by atoms with van der Waals surface area (Å²) in [5.41, 5.74) is 3.74. The van der Waals surface area contributed by atoms with Crippen LogP contribution in [0.4, 0.5) is 0 Å². The van der Waals surface area contributed by atoms with Gasteiger partial charge in [-0.2, -0.15) is 0 Å². The number of aryl methyl sites for hydroxylation is 2. The second kappa shape index (κ2) is 6.39. The minimum absolute atomic E-state index is 0.746. The molecular weight excluding hydrogens is 308 g/mol. The fraction of sp³-hybridized carbons (Fsp3) is 0.333. The highest BCUT2D eigenvalue weighted by Gasteiger charge is 2.06. The number of alkyl halides is 1. The first-order chi connectivity index (χ1) is 8.70. The smallest absolute Gasteiger partial charge is 0.125 e. The number of thiophene rings is 1. The van der Waals surface area contributed by atoms with Crippen LogP contribution in [0.5, 0.6) is 5.75 Å². The summed E-state index contributed by atoms with van der Waals surface area (Å²) in [7, 11) is 0. The molecule has 0 amide bonds. The predicted octanol–water partition coefficient (Wildman–Crippen LogP) is 4.88. The second-order valence-corrected chi connectivity index (χ2v) is 5.96. The first kappa shape index (κ1) is 13.6. The van der Waals surface area contributed by atoms with Gasteiger partial charge in [-0.05, 0) is 42.0 Å². The third kappa shape index (κ3) is 3.36. The molecule has 0 aliphatic heterocycles. The van der Waals surface area contributed by atoms with Crippen LogP contribution in [0.3, 0.4) is 0 Å². The standard InChI is InChI=1S/C15H17BrOS/c1-11-8-13(10-16)9-12(2)15(11)17-6-5-14-4-3-7-18-14/h3-4,7-9H,5-6,10H2,1-2H3. The zero-order chi connectivity index (χ0) is 13.0. The van der Waals surface area contributed by atoms with E-state index in [-0.39, 0.29) is 0 Å². The van der Waals surface area contributed by atoms with Crippen LogP contribution in [-0.2, 0) is 11.8 Å². The van der Waals surface area contributed by atoms with Crippen LogP contribution in [-0.4, -0.2) is 6.61 Å². The van der Waals surface area contributed by atoms with E-state index in [4.69, 9.17) is 4.74 Å². The topological polar surface area (TPSA) is 9.23 Å². The monoisotopic (exact) mass is 324 g/mol. The Morgan fingerprint density at radius 3 is 2.50 bits per heavy atom. The van der Waals surface area contributed by atoms with Gasteiger partial charge in [0.2, 0.25) is 0 Å². The molecule has 1 nitrogen and oxygen atoms in total. The fourth-order valence-corrected chi connectivity index (χ4v) is 3.07. The molecule has 0 spiro atoms. The summed E-state index contributed by atoms with van der Waals surface area (Å²) in [5.74, 6) is 1.04. The van der Waals surface area contributed by atoms with Crippen molar-refractivity contribution < 1.29 is 4.74 Å². The average Bonchev–Trinajstić information content (AvgIpc) is 2.85. The lowest BCUT2D eigenvalue weighted by atomic mass is 10.1. The number of ether oxygens (including phenoxy) is 1. The zero-order valence-corrected chi connectivity index (χ0v) is 13.1. The lowest BCUT2D eigenvalue weighted by Gasteiger charge is -2.13. The van der Waals surface area contributed by atoms with Gasteiger partial charge in [0.15, 0.2) is 0 Å². The van der Waals surface area contributed by atoms with Crippen LogP contribution in [0.25, 0.3) is 0 Å². The van der Waals surface area contributed by atoms with Crippen molar-refractivity contribution in [1.29, 1.82) is 0 Å². The number of hydrogen-bond donors (Lipinski definition) is 0. The lowest BCUT2D eigenvalue weighted by molar-refractivity contribution is 0.318. The molecule has 1 heterocycles. The molecule has 0 N–H and O–H groups in total. The molecule has 0 radical (unpaired) electrons. The summed E-state index contributed by atoms with van der Waals surface area (Å²) in [6.45, 7) is 4.97. The largest absolute Gasteiger partial charge is 0.493 e. The third-order valence-electron chi connectivity index (χ3n) is 2.85. The maximum Gasteiger partial charge on any atom is 0.125 e. The highest BCUT2D eigenvalue weighted by atomic mass is 79.9. The molecule has 2 rings (SSSR count). The van der Waals surface area contributed by atoms with Crippen LogP contribution < -0.4 is 4.74 Å². The van der Waals surface area contributed by atoms with Gasteiger partial charge in [-0.25, -0.2) is 0 Å². The lowest BCUT2D eigenvalue weighted by Crippen LogP contribution is -2.03. The second-order valence-electron chi connectivity index (χ2n) is 4.37. The molecular formula is C15H17BrOS. The van der Waals surface area contributed by atoms with E-state index >= 15 is 0 Å². The Morgan fingerprint density at radius 2 is 1.94 bits per heavy atom. The third-order valence-corrected chi connectivity index (χ3v) is 4.43. The number of rotatable bonds is 5. The van der Waals surface area contributed by atoms with Crippen molar-refractivity contribution in [3.63, 3.8) is 0 Å². The van der Waals surface area contributed by atoms with Gasteiger partial charge >= 0.3 is 0 Å². The van der Waals surface area contributed by atoms with E-state index < -0.39 is 0 Å². The molecule has 0 atom stereocenters. The van der Waals surface area contributed by atoms with E-state index in [1.807, 2.05) is 0 Å². The van der Waals surface area contributed by atoms with Gasteiger partial charge in [0, 0.05) is 16.6 Å². The molecule has 0 aliphatic carbocycles. The molecule has 2 aromatic rings. The summed E-state index contributed by atoms with van der Waals surface area (Å²) >= 11 is 5.28. The highest BCUT2D eigenvalue weighted by molar-refractivity contribution is 9.08. The summed E-state index contributed by atoms with van der Waals surface area (Å²) in [6, 6.07) is 8.60. The molecule has 0 aliphatic rings.